The third-order valence-electron chi connectivity index (χ3n) is 6.70. The number of alkyl halides is 6. The van der Waals surface area contributed by atoms with Crippen LogP contribution in [-0.4, -0.2) is 86.2 Å². The number of carboxylic acid groups (broad SMARTS) is 2. The molecule has 38 heavy (non-hydrogen) atoms. The second-order valence-electron chi connectivity index (χ2n) is 9.38. The van der Waals surface area contributed by atoms with Crippen molar-refractivity contribution in [3.63, 3.8) is 0 Å². The maximum absolute atomic E-state index is 10.6. The molecule has 4 heterocycles. The SMILES string of the molecule is O=C(O)C(F)(F)F.O=C(O)C(F)(F)F.c1cc2nc(C3CCCN(C4CCC4)C3)nn2cc1N1CCCC1. The van der Waals surface area contributed by atoms with Crippen LogP contribution in [0.1, 0.15) is 56.7 Å². The third-order valence-corrected chi connectivity index (χ3v) is 6.70. The summed E-state index contributed by atoms with van der Waals surface area (Å²) in [5.74, 6) is -3.95. The smallest absolute Gasteiger partial charge is 0.475 e. The highest BCUT2D eigenvalue weighted by Gasteiger charge is 2.39. The molecule has 1 aliphatic carbocycles. The summed E-state index contributed by atoms with van der Waals surface area (Å²) in [7, 11) is 0. The van der Waals surface area contributed by atoms with Gasteiger partial charge in [-0.15, -0.1) is 0 Å². The molecule has 0 spiro atoms. The molecule has 1 unspecified atom stereocenters. The van der Waals surface area contributed by atoms with Gasteiger partial charge in [0.25, 0.3) is 0 Å². The standard InChI is InChI=1S/C19H27N5.2C2HF3O2/c1-2-11-22(10-1)17-8-9-18-20-19(21-24(18)14-17)15-5-4-12-23(13-15)16-6-3-7-16;2*3-2(4,5)1(6)7/h8-9,14-16H,1-7,10-13H2;2*(H,6,7). The number of fused-ring (bicyclic) bond motifs is 1. The molecule has 0 aromatic carbocycles. The number of hydrogen-bond donors (Lipinski definition) is 2. The lowest BCUT2D eigenvalue weighted by molar-refractivity contribution is -0.193. The number of aromatic nitrogens is 3. The minimum Gasteiger partial charge on any atom is -0.475 e. The molecule has 2 saturated heterocycles. The molecule has 212 valence electrons. The topological polar surface area (TPSA) is 111 Å². The number of carbonyl (C=O) groups is 2. The molecule has 0 radical (unpaired) electrons. The molecule has 9 nitrogen and oxygen atoms in total. The van der Waals surface area contributed by atoms with Crippen LogP contribution in [0, 0.1) is 0 Å². The predicted octanol–water partition coefficient (Wildman–Crippen LogP) is 4.33. The van der Waals surface area contributed by atoms with Gasteiger partial charge in [-0.2, -0.15) is 31.4 Å². The van der Waals surface area contributed by atoms with Crippen LogP contribution in [-0.2, 0) is 9.59 Å². The highest BCUT2D eigenvalue weighted by Crippen LogP contribution is 2.32. The van der Waals surface area contributed by atoms with Crippen molar-refractivity contribution in [3.8, 4) is 0 Å². The maximum atomic E-state index is 10.6. The summed E-state index contributed by atoms with van der Waals surface area (Å²) >= 11 is 0. The fourth-order valence-electron chi connectivity index (χ4n) is 4.53. The van der Waals surface area contributed by atoms with E-state index in [0.717, 1.165) is 24.1 Å². The van der Waals surface area contributed by atoms with Crippen LogP contribution in [0.5, 0.6) is 0 Å². The largest absolute Gasteiger partial charge is 0.490 e. The first-order chi connectivity index (χ1) is 17.8. The van der Waals surface area contributed by atoms with E-state index in [1.165, 1.54) is 70.3 Å². The van der Waals surface area contributed by atoms with Crippen molar-refractivity contribution in [2.75, 3.05) is 31.1 Å². The molecule has 3 fully saturated rings. The van der Waals surface area contributed by atoms with Crippen LogP contribution < -0.4 is 4.90 Å². The number of rotatable bonds is 3. The van der Waals surface area contributed by atoms with Crippen molar-refractivity contribution in [3.05, 3.63) is 24.2 Å². The monoisotopic (exact) mass is 553 g/mol. The van der Waals surface area contributed by atoms with Gasteiger partial charge in [0.2, 0.25) is 0 Å². The lowest BCUT2D eigenvalue weighted by Crippen LogP contribution is -2.45. The van der Waals surface area contributed by atoms with Crippen molar-refractivity contribution >= 4 is 23.3 Å². The maximum Gasteiger partial charge on any atom is 0.490 e. The highest BCUT2D eigenvalue weighted by atomic mass is 19.4. The molecular formula is C23H29F6N5O4. The molecule has 2 aliphatic heterocycles. The predicted molar refractivity (Wildman–Crippen MR) is 123 cm³/mol. The minimum atomic E-state index is -5.08. The first-order valence-corrected chi connectivity index (χ1v) is 12.2. The van der Waals surface area contributed by atoms with Gasteiger partial charge in [0, 0.05) is 31.6 Å². The average molecular weight is 554 g/mol. The normalized spacial score (nSPS) is 20.7. The fraction of sp³-hybridized carbons (Fsp3) is 0.652. The molecule has 15 heteroatoms. The van der Waals surface area contributed by atoms with E-state index >= 15 is 0 Å². The molecule has 2 aromatic heterocycles. The number of pyridine rings is 1. The summed E-state index contributed by atoms with van der Waals surface area (Å²) in [5.41, 5.74) is 2.28. The number of piperidine rings is 1. The van der Waals surface area contributed by atoms with Gasteiger partial charge in [0.15, 0.2) is 11.5 Å². The number of anilines is 1. The van der Waals surface area contributed by atoms with Crippen molar-refractivity contribution in [1.82, 2.24) is 19.5 Å². The summed E-state index contributed by atoms with van der Waals surface area (Å²) in [6.07, 6.45) is 1.34. The van der Waals surface area contributed by atoms with Gasteiger partial charge in [0.05, 0.1) is 11.9 Å². The van der Waals surface area contributed by atoms with Crippen LogP contribution >= 0.6 is 0 Å². The Bertz CT molecular complexity index is 1070. The van der Waals surface area contributed by atoms with Crippen molar-refractivity contribution in [1.29, 1.82) is 0 Å². The van der Waals surface area contributed by atoms with E-state index in [9.17, 15) is 26.3 Å². The highest BCUT2D eigenvalue weighted by molar-refractivity contribution is 5.73. The quantitative estimate of drug-likeness (QED) is 0.541. The molecule has 2 aromatic rings. The Morgan fingerprint density at radius 1 is 0.842 bits per heavy atom. The Morgan fingerprint density at radius 2 is 1.42 bits per heavy atom. The molecule has 1 saturated carbocycles. The number of halogens is 6. The molecule has 3 aliphatic rings. The summed E-state index contributed by atoms with van der Waals surface area (Å²) in [6, 6.07) is 5.18. The minimum absolute atomic E-state index is 0.509. The van der Waals surface area contributed by atoms with E-state index in [4.69, 9.17) is 29.9 Å². The van der Waals surface area contributed by atoms with Crippen molar-refractivity contribution in [2.45, 2.75) is 69.3 Å². The molecule has 0 bridgehead atoms. The Labute approximate surface area is 214 Å². The van der Waals surface area contributed by atoms with Gasteiger partial charge in [-0.05, 0) is 57.2 Å². The fourth-order valence-corrected chi connectivity index (χ4v) is 4.53. The molecule has 5 rings (SSSR count). The van der Waals surface area contributed by atoms with E-state index < -0.39 is 24.3 Å². The van der Waals surface area contributed by atoms with Crippen LogP contribution in [0.25, 0.3) is 5.65 Å². The van der Waals surface area contributed by atoms with Crippen molar-refractivity contribution in [2.24, 2.45) is 0 Å². The summed E-state index contributed by atoms with van der Waals surface area (Å²) in [6.45, 7) is 4.77. The van der Waals surface area contributed by atoms with Crippen LogP contribution in [0.15, 0.2) is 18.3 Å². The van der Waals surface area contributed by atoms with E-state index in [0.29, 0.717) is 5.92 Å². The first-order valence-electron chi connectivity index (χ1n) is 12.2. The number of carboxylic acids is 2. The van der Waals surface area contributed by atoms with Crippen LogP contribution in [0.3, 0.4) is 0 Å². The van der Waals surface area contributed by atoms with Gasteiger partial charge in [-0.3, -0.25) is 4.90 Å². The first kappa shape index (κ1) is 29.5. The van der Waals surface area contributed by atoms with Gasteiger partial charge in [0.1, 0.15) is 0 Å². The summed E-state index contributed by atoms with van der Waals surface area (Å²) in [5, 5.41) is 19.1. The van der Waals surface area contributed by atoms with E-state index in [2.05, 4.69) is 28.1 Å². The lowest BCUT2D eigenvalue weighted by Gasteiger charge is -2.41. The Hall–Kier alpha value is -3.10. The van der Waals surface area contributed by atoms with Gasteiger partial charge < -0.3 is 15.1 Å². The molecule has 0 amide bonds. The Balaban J connectivity index is 0.000000239. The van der Waals surface area contributed by atoms with Gasteiger partial charge in [-0.25, -0.2) is 19.1 Å². The zero-order valence-electron chi connectivity index (χ0n) is 20.4. The molecule has 1 atom stereocenters. The summed E-state index contributed by atoms with van der Waals surface area (Å²) < 4.78 is 65.5. The second-order valence-corrected chi connectivity index (χ2v) is 9.38. The number of hydrogen-bond acceptors (Lipinski definition) is 6. The molecule has 2 N–H and O–H groups in total. The molecular weight excluding hydrogens is 524 g/mol. The van der Waals surface area contributed by atoms with Crippen LogP contribution in [0.4, 0.5) is 32.0 Å². The zero-order valence-corrected chi connectivity index (χ0v) is 20.4. The van der Waals surface area contributed by atoms with Gasteiger partial charge >= 0.3 is 24.3 Å². The Morgan fingerprint density at radius 3 is 1.92 bits per heavy atom. The number of aliphatic carboxylic acids is 2. The lowest BCUT2D eigenvalue weighted by atomic mass is 9.87. The van der Waals surface area contributed by atoms with E-state index in [1.54, 1.807) is 0 Å². The van der Waals surface area contributed by atoms with E-state index in [1.807, 2.05) is 4.52 Å². The van der Waals surface area contributed by atoms with E-state index in [-0.39, 0.29) is 0 Å². The zero-order chi connectivity index (χ0) is 28.1. The Kier molecular flexibility index (Phi) is 9.44. The summed E-state index contributed by atoms with van der Waals surface area (Å²) in [4.78, 5) is 27.8. The second kappa shape index (κ2) is 12.2. The number of nitrogens with zero attached hydrogens (tertiary/aromatic N) is 5. The van der Waals surface area contributed by atoms with Crippen LogP contribution in [0.2, 0.25) is 0 Å². The average Bonchev–Trinajstić information content (AvgIpc) is 3.47. The third kappa shape index (κ3) is 7.95. The number of likely N-dealkylation sites (tertiary alicyclic amines) is 1. The van der Waals surface area contributed by atoms with Gasteiger partial charge in [-0.1, -0.05) is 6.42 Å². The van der Waals surface area contributed by atoms with Crippen molar-refractivity contribution < 1.29 is 46.1 Å².